The molecule has 1 fully saturated rings. The third kappa shape index (κ3) is 9.19. The summed E-state index contributed by atoms with van der Waals surface area (Å²) in [4.78, 5) is 20.6. The Morgan fingerprint density at radius 2 is 1.71 bits per heavy atom. The molecule has 1 saturated heterocycles. The number of halogens is 1. The molecule has 24 heavy (non-hydrogen) atoms. The van der Waals surface area contributed by atoms with Crippen molar-refractivity contribution in [3.63, 3.8) is 0 Å². The maximum atomic E-state index is 12.7. The number of rotatable bonds is 6. The highest BCUT2D eigenvalue weighted by atomic mass is 19.1. The molecule has 0 amide bonds. The van der Waals surface area contributed by atoms with E-state index in [0.29, 0.717) is 0 Å². The normalized spacial score (nSPS) is 14.5. The molecular formula is C16H23FN2O5. The lowest BCUT2D eigenvalue weighted by Gasteiger charge is -2.26. The molecule has 0 bridgehead atoms. The van der Waals surface area contributed by atoms with Crippen molar-refractivity contribution in [2.45, 2.75) is 13.0 Å². The smallest absolute Gasteiger partial charge is 0.414 e. The SMILES string of the molecule is Fc1ccc(CNCCCN2CCOCC2)cc1.O=C(O)C(=O)O. The largest absolute Gasteiger partial charge is 0.473 e. The minimum atomic E-state index is -1.82. The molecule has 0 aliphatic carbocycles. The number of hydrogen-bond donors (Lipinski definition) is 3. The van der Waals surface area contributed by atoms with Crippen LogP contribution in [0.3, 0.4) is 0 Å². The highest BCUT2D eigenvalue weighted by molar-refractivity contribution is 6.27. The highest BCUT2D eigenvalue weighted by Gasteiger charge is 2.08. The van der Waals surface area contributed by atoms with Crippen LogP contribution in [0.15, 0.2) is 24.3 Å². The summed E-state index contributed by atoms with van der Waals surface area (Å²) in [5.74, 6) is -3.82. The average molecular weight is 342 g/mol. The van der Waals surface area contributed by atoms with Crippen LogP contribution in [-0.2, 0) is 20.9 Å². The standard InChI is InChI=1S/C14H21FN2O.C2H2O4/c15-14-4-2-13(3-5-14)12-16-6-1-7-17-8-10-18-11-9-17;3-1(4)2(5)6/h2-5,16H,1,6-12H2;(H,3,4)(H,5,6). The Hall–Kier alpha value is -2.03. The third-order valence-corrected chi connectivity index (χ3v) is 3.36. The predicted octanol–water partition coefficient (Wildman–Crippen LogP) is 0.793. The number of carboxylic acids is 2. The van der Waals surface area contributed by atoms with E-state index in [4.69, 9.17) is 24.5 Å². The Morgan fingerprint density at radius 1 is 1.12 bits per heavy atom. The number of carboxylic acid groups (broad SMARTS) is 2. The van der Waals surface area contributed by atoms with E-state index in [1.807, 2.05) is 12.1 Å². The summed E-state index contributed by atoms with van der Waals surface area (Å²) in [5.41, 5.74) is 1.13. The monoisotopic (exact) mass is 342 g/mol. The first kappa shape index (κ1) is 20.0. The van der Waals surface area contributed by atoms with E-state index < -0.39 is 11.9 Å². The molecule has 1 aliphatic rings. The number of benzene rings is 1. The molecule has 1 aromatic carbocycles. The summed E-state index contributed by atoms with van der Waals surface area (Å²) in [7, 11) is 0. The first-order valence-electron chi connectivity index (χ1n) is 7.70. The molecule has 1 heterocycles. The van der Waals surface area contributed by atoms with Crippen LogP contribution in [0.1, 0.15) is 12.0 Å². The number of morpholine rings is 1. The summed E-state index contributed by atoms with van der Waals surface area (Å²) in [6, 6.07) is 6.66. The Kier molecular flexibility index (Phi) is 9.59. The number of carbonyl (C=O) groups is 2. The average Bonchev–Trinajstić information content (AvgIpc) is 2.58. The number of nitrogens with one attached hydrogen (secondary N) is 1. The molecule has 0 saturated carbocycles. The van der Waals surface area contributed by atoms with E-state index in [9.17, 15) is 4.39 Å². The maximum absolute atomic E-state index is 12.7. The molecule has 1 aliphatic heterocycles. The molecular weight excluding hydrogens is 319 g/mol. The topological polar surface area (TPSA) is 99.1 Å². The first-order valence-corrected chi connectivity index (χ1v) is 7.70. The maximum Gasteiger partial charge on any atom is 0.414 e. The summed E-state index contributed by atoms with van der Waals surface area (Å²) in [5, 5.41) is 18.2. The van der Waals surface area contributed by atoms with Crippen LogP contribution in [0.2, 0.25) is 0 Å². The van der Waals surface area contributed by atoms with Crippen LogP contribution < -0.4 is 5.32 Å². The molecule has 0 spiro atoms. The minimum absolute atomic E-state index is 0.175. The van der Waals surface area contributed by atoms with Gasteiger partial charge in [0.25, 0.3) is 0 Å². The molecule has 1 aromatic rings. The van der Waals surface area contributed by atoms with Gasteiger partial charge >= 0.3 is 11.9 Å². The summed E-state index contributed by atoms with van der Waals surface area (Å²) >= 11 is 0. The Balaban J connectivity index is 0.000000413. The van der Waals surface area contributed by atoms with Crippen molar-refractivity contribution in [1.29, 1.82) is 0 Å². The van der Waals surface area contributed by atoms with Gasteiger partial charge in [-0.15, -0.1) is 0 Å². The molecule has 0 unspecified atom stereocenters. The van der Waals surface area contributed by atoms with E-state index in [1.165, 1.54) is 12.1 Å². The van der Waals surface area contributed by atoms with E-state index in [1.54, 1.807) is 0 Å². The van der Waals surface area contributed by atoms with Crippen LogP contribution >= 0.6 is 0 Å². The zero-order valence-electron chi connectivity index (χ0n) is 13.4. The second-order valence-corrected chi connectivity index (χ2v) is 5.22. The zero-order chi connectivity index (χ0) is 17.8. The summed E-state index contributed by atoms with van der Waals surface area (Å²) < 4.78 is 18.0. The molecule has 2 rings (SSSR count). The van der Waals surface area contributed by atoms with E-state index >= 15 is 0 Å². The Bertz CT molecular complexity index is 492. The number of nitrogens with zero attached hydrogens (tertiary/aromatic N) is 1. The van der Waals surface area contributed by atoms with E-state index in [0.717, 1.165) is 57.9 Å². The fraction of sp³-hybridized carbons (Fsp3) is 0.500. The van der Waals surface area contributed by atoms with Gasteiger partial charge in [0.15, 0.2) is 0 Å². The van der Waals surface area contributed by atoms with Crippen molar-refractivity contribution in [2.24, 2.45) is 0 Å². The van der Waals surface area contributed by atoms with Crippen molar-refractivity contribution in [3.05, 3.63) is 35.6 Å². The van der Waals surface area contributed by atoms with Gasteiger partial charge in [-0.2, -0.15) is 0 Å². The van der Waals surface area contributed by atoms with Crippen molar-refractivity contribution in [3.8, 4) is 0 Å². The van der Waals surface area contributed by atoms with Crippen LogP contribution in [0, 0.1) is 5.82 Å². The van der Waals surface area contributed by atoms with Gasteiger partial charge in [-0.3, -0.25) is 4.90 Å². The van der Waals surface area contributed by atoms with Gasteiger partial charge in [-0.05, 0) is 37.2 Å². The van der Waals surface area contributed by atoms with Gasteiger partial charge in [0.2, 0.25) is 0 Å². The van der Waals surface area contributed by atoms with Gasteiger partial charge in [0.05, 0.1) is 13.2 Å². The van der Waals surface area contributed by atoms with Crippen molar-refractivity contribution in [1.82, 2.24) is 10.2 Å². The molecule has 0 aromatic heterocycles. The van der Waals surface area contributed by atoms with Gasteiger partial charge in [-0.1, -0.05) is 12.1 Å². The van der Waals surface area contributed by atoms with Crippen molar-refractivity contribution < 1.29 is 28.9 Å². The first-order chi connectivity index (χ1) is 11.5. The van der Waals surface area contributed by atoms with Crippen LogP contribution in [-0.4, -0.2) is 66.4 Å². The van der Waals surface area contributed by atoms with E-state index in [-0.39, 0.29) is 5.82 Å². The predicted molar refractivity (Wildman–Crippen MR) is 85.3 cm³/mol. The van der Waals surface area contributed by atoms with Gasteiger partial charge in [0.1, 0.15) is 5.82 Å². The fourth-order valence-corrected chi connectivity index (χ4v) is 2.09. The van der Waals surface area contributed by atoms with Gasteiger partial charge in [-0.25, -0.2) is 14.0 Å². The molecule has 7 nitrogen and oxygen atoms in total. The highest BCUT2D eigenvalue weighted by Crippen LogP contribution is 2.02. The molecule has 134 valence electrons. The quantitative estimate of drug-likeness (QED) is 0.519. The minimum Gasteiger partial charge on any atom is -0.473 e. The van der Waals surface area contributed by atoms with Gasteiger partial charge < -0.3 is 20.3 Å². The summed E-state index contributed by atoms with van der Waals surface area (Å²) in [6.45, 7) is 6.76. The lowest BCUT2D eigenvalue weighted by atomic mass is 10.2. The number of hydrogen-bond acceptors (Lipinski definition) is 5. The van der Waals surface area contributed by atoms with Gasteiger partial charge in [0, 0.05) is 19.6 Å². The number of ether oxygens (including phenoxy) is 1. The van der Waals surface area contributed by atoms with E-state index in [2.05, 4.69) is 10.2 Å². The Morgan fingerprint density at radius 3 is 2.25 bits per heavy atom. The molecule has 0 radical (unpaired) electrons. The number of aliphatic carboxylic acids is 2. The third-order valence-electron chi connectivity index (χ3n) is 3.36. The van der Waals surface area contributed by atoms with Crippen LogP contribution in [0.25, 0.3) is 0 Å². The lowest BCUT2D eigenvalue weighted by molar-refractivity contribution is -0.159. The molecule has 3 N–H and O–H groups in total. The van der Waals surface area contributed by atoms with Crippen LogP contribution in [0.5, 0.6) is 0 Å². The Labute approximate surface area is 140 Å². The second kappa shape index (κ2) is 11.5. The molecule has 0 atom stereocenters. The fourth-order valence-electron chi connectivity index (χ4n) is 2.09. The van der Waals surface area contributed by atoms with Crippen LogP contribution in [0.4, 0.5) is 4.39 Å². The summed E-state index contributed by atoms with van der Waals surface area (Å²) in [6.07, 6.45) is 1.14. The zero-order valence-corrected chi connectivity index (χ0v) is 13.4. The second-order valence-electron chi connectivity index (χ2n) is 5.22. The lowest BCUT2D eigenvalue weighted by Crippen LogP contribution is -2.37. The molecule has 8 heteroatoms. The van der Waals surface area contributed by atoms with Crippen molar-refractivity contribution >= 4 is 11.9 Å². The van der Waals surface area contributed by atoms with Crippen molar-refractivity contribution in [2.75, 3.05) is 39.4 Å².